The lowest BCUT2D eigenvalue weighted by atomic mass is 10.2. The van der Waals surface area contributed by atoms with Crippen LogP contribution in [0.15, 0.2) is 24.4 Å². The molecule has 0 saturated heterocycles. The smallest absolute Gasteiger partial charge is 0.258 e. The van der Waals surface area contributed by atoms with Gasteiger partial charge in [0.2, 0.25) is 0 Å². The van der Waals surface area contributed by atoms with Gasteiger partial charge in [0.15, 0.2) is 0 Å². The van der Waals surface area contributed by atoms with Gasteiger partial charge in [-0.25, -0.2) is 4.68 Å². The molecule has 0 bridgehead atoms. The largest absolute Gasteiger partial charge is 0.275 e. The third kappa shape index (κ3) is 2.77. The highest BCUT2D eigenvalue weighted by molar-refractivity contribution is 6.30. The second-order valence-corrected chi connectivity index (χ2v) is 4.27. The van der Waals surface area contributed by atoms with Crippen molar-refractivity contribution >= 4 is 28.9 Å². The van der Waals surface area contributed by atoms with E-state index in [2.05, 4.69) is 10.3 Å². The minimum atomic E-state index is -0.472. The first-order valence-electron chi connectivity index (χ1n) is 4.98. The molecular formula is C10H8Cl2N4O2. The number of alkyl halides is 1. The van der Waals surface area contributed by atoms with E-state index < -0.39 is 4.92 Å². The van der Waals surface area contributed by atoms with Crippen molar-refractivity contribution < 1.29 is 4.92 Å². The van der Waals surface area contributed by atoms with Crippen LogP contribution in [0.1, 0.15) is 11.3 Å². The van der Waals surface area contributed by atoms with Gasteiger partial charge in [0.1, 0.15) is 0 Å². The van der Waals surface area contributed by atoms with Crippen LogP contribution in [-0.2, 0) is 12.4 Å². The summed E-state index contributed by atoms with van der Waals surface area (Å²) >= 11 is 11.3. The summed E-state index contributed by atoms with van der Waals surface area (Å²) in [6.45, 7) is 0.247. The number of nitrogens with zero attached hydrogens (tertiary/aromatic N) is 4. The van der Waals surface area contributed by atoms with Crippen molar-refractivity contribution in [1.82, 2.24) is 15.0 Å². The second kappa shape index (κ2) is 5.32. The average molecular weight is 287 g/mol. The molecule has 0 N–H and O–H groups in total. The Kier molecular flexibility index (Phi) is 3.78. The van der Waals surface area contributed by atoms with Gasteiger partial charge in [0.05, 0.1) is 34.8 Å². The molecule has 0 aliphatic rings. The molecule has 0 saturated carbocycles. The molecule has 0 spiro atoms. The zero-order chi connectivity index (χ0) is 13.1. The molecule has 0 unspecified atom stereocenters. The zero-order valence-electron chi connectivity index (χ0n) is 9.08. The fourth-order valence-corrected chi connectivity index (χ4v) is 1.78. The number of hydrogen-bond acceptors (Lipinski definition) is 4. The number of rotatable bonds is 4. The molecule has 0 aliphatic carbocycles. The fraction of sp³-hybridized carbons (Fsp3) is 0.200. The van der Waals surface area contributed by atoms with Crippen LogP contribution < -0.4 is 0 Å². The molecule has 94 valence electrons. The summed E-state index contributed by atoms with van der Waals surface area (Å²) in [4.78, 5) is 10.4. The van der Waals surface area contributed by atoms with Crippen molar-refractivity contribution in [3.63, 3.8) is 0 Å². The van der Waals surface area contributed by atoms with Gasteiger partial charge in [-0.2, -0.15) is 0 Å². The average Bonchev–Trinajstić information content (AvgIpc) is 2.79. The van der Waals surface area contributed by atoms with Crippen LogP contribution >= 0.6 is 23.2 Å². The summed E-state index contributed by atoms with van der Waals surface area (Å²) < 4.78 is 1.49. The van der Waals surface area contributed by atoms with Gasteiger partial charge >= 0.3 is 0 Å². The molecule has 0 atom stereocenters. The summed E-state index contributed by atoms with van der Waals surface area (Å²) in [6.07, 6.45) is 1.64. The van der Waals surface area contributed by atoms with E-state index in [0.29, 0.717) is 16.3 Å². The molecule has 0 radical (unpaired) electrons. The zero-order valence-corrected chi connectivity index (χ0v) is 10.6. The molecule has 0 amide bonds. The SMILES string of the molecule is O=[N+]([O-])c1cc(Cl)ccc1Cn1cc(CCl)nn1. The second-order valence-electron chi connectivity index (χ2n) is 3.57. The molecule has 1 aromatic carbocycles. The summed E-state index contributed by atoms with van der Waals surface area (Å²) in [7, 11) is 0. The van der Waals surface area contributed by atoms with E-state index in [1.165, 1.54) is 10.7 Å². The number of aromatic nitrogens is 3. The Bertz CT molecular complexity index is 585. The van der Waals surface area contributed by atoms with Gasteiger partial charge in [-0.3, -0.25) is 10.1 Å². The first kappa shape index (κ1) is 12.8. The van der Waals surface area contributed by atoms with Crippen molar-refractivity contribution in [2.45, 2.75) is 12.4 Å². The first-order valence-corrected chi connectivity index (χ1v) is 5.89. The Balaban J connectivity index is 2.30. The number of nitro groups is 1. The van der Waals surface area contributed by atoms with Crippen molar-refractivity contribution in [2.75, 3.05) is 0 Å². The van der Waals surface area contributed by atoms with Gasteiger partial charge in [-0.1, -0.05) is 16.8 Å². The van der Waals surface area contributed by atoms with Crippen LogP contribution in [0.4, 0.5) is 5.69 Å². The van der Waals surface area contributed by atoms with E-state index >= 15 is 0 Å². The van der Waals surface area contributed by atoms with E-state index in [9.17, 15) is 10.1 Å². The third-order valence-corrected chi connectivity index (χ3v) is 2.81. The molecule has 2 aromatic rings. The van der Waals surface area contributed by atoms with Crippen LogP contribution in [0.3, 0.4) is 0 Å². The Hall–Kier alpha value is -1.66. The molecule has 18 heavy (non-hydrogen) atoms. The monoisotopic (exact) mass is 286 g/mol. The van der Waals surface area contributed by atoms with E-state index in [-0.39, 0.29) is 18.1 Å². The lowest BCUT2D eigenvalue weighted by molar-refractivity contribution is -0.385. The van der Waals surface area contributed by atoms with Crippen molar-refractivity contribution in [1.29, 1.82) is 0 Å². The number of hydrogen-bond donors (Lipinski definition) is 0. The number of halogens is 2. The van der Waals surface area contributed by atoms with Gasteiger partial charge in [0.25, 0.3) is 5.69 Å². The van der Waals surface area contributed by atoms with Crippen molar-refractivity contribution in [3.05, 3.63) is 50.8 Å². The van der Waals surface area contributed by atoms with Crippen LogP contribution in [0.2, 0.25) is 5.02 Å². The molecule has 6 nitrogen and oxygen atoms in total. The minimum absolute atomic E-state index is 0.0366. The maximum Gasteiger partial charge on any atom is 0.275 e. The molecule has 8 heteroatoms. The maximum atomic E-state index is 10.9. The molecule has 0 aliphatic heterocycles. The standard InChI is InChI=1S/C10H8Cl2N4O2/c11-4-9-6-15(14-13-9)5-7-1-2-8(12)3-10(7)16(17)18/h1-3,6H,4-5H2. The first-order chi connectivity index (χ1) is 8.60. The topological polar surface area (TPSA) is 73.8 Å². The van der Waals surface area contributed by atoms with Gasteiger partial charge < -0.3 is 0 Å². The summed E-state index contributed by atoms with van der Waals surface area (Å²) in [6, 6.07) is 4.52. The van der Waals surface area contributed by atoms with Crippen molar-refractivity contribution in [2.24, 2.45) is 0 Å². The summed E-state index contributed by atoms with van der Waals surface area (Å²) in [5, 5.41) is 18.9. The molecular weight excluding hydrogens is 279 g/mol. The highest BCUT2D eigenvalue weighted by Crippen LogP contribution is 2.23. The predicted octanol–water partition coefficient (Wildman–Crippen LogP) is 2.63. The minimum Gasteiger partial charge on any atom is -0.258 e. The Labute approximate surface area is 112 Å². The van der Waals surface area contributed by atoms with E-state index in [4.69, 9.17) is 23.2 Å². The highest BCUT2D eigenvalue weighted by Gasteiger charge is 2.15. The van der Waals surface area contributed by atoms with Crippen molar-refractivity contribution in [3.8, 4) is 0 Å². The molecule has 1 aromatic heterocycles. The normalized spacial score (nSPS) is 10.6. The van der Waals surface area contributed by atoms with Gasteiger partial charge in [-0.15, -0.1) is 16.7 Å². The van der Waals surface area contributed by atoms with Gasteiger partial charge in [-0.05, 0) is 12.1 Å². The molecule has 1 heterocycles. The van der Waals surface area contributed by atoms with E-state index in [1.54, 1.807) is 18.3 Å². The fourth-order valence-electron chi connectivity index (χ4n) is 1.49. The number of benzene rings is 1. The molecule has 0 fully saturated rings. The van der Waals surface area contributed by atoms with Crippen LogP contribution in [0.5, 0.6) is 0 Å². The quantitative estimate of drug-likeness (QED) is 0.492. The van der Waals surface area contributed by atoms with Crippen LogP contribution in [0, 0.1) is 10.1 Å². The van der Waals surface area contributed by atoms with E-state index in [0.717, 1.165) is 0 Å². The highest BCUT2D eigenvalue weighted by atomic mass is 35.5. The number of nitro benzene ring substituents is 1. The van der Waals surface area contributed by atoms with Crippen LogP contribution in [-0.4, -0.2) is 19.9 Å². The van der Waals surface area contributed by atoms with Gasteiger partial charge in [0, 0.05) is 11.1 Å². The molecule has 2 rings (SSSR count). The Morgan fingerprint density at radius 1 is 1.44 bits per heavy atom. The predicted molar refractivity (Wildman–Crippen MR) is 66.8 cm³/mol. The third-order valence-electron chi connectivity index (χ3n) is 2.30. The lowest BCUT2D eigenvalue weighted by Gasteiger charge is -2.03. The Morgan fingerprint density at radius 2 is 2.22 bits per heavy atom. The van der Waals surface area contributed by atoms with E-state index in [1.807, 2.05) is 0 Å². The summed E-state index contributed by atoms with van der Waals surface area (Å²) in [5.41, 5.74) is 1.09. The van der Waals surface area contributed by atoms with Crippen LogP contribution in [0.25, 0.3) is 0 Å². The Morgan fingerprint density at radius 3 is 2.83 bits per heavy atom. The lowest BCUT2D eigenvalue weighted by Crippen LogP contribution is -2.03. The summed E-state index contributed by atoms with van der Waals surface area (Å²) in [5.74, 6) is 0.253. The maximum absolute atomic E-state index is 10.9.